The second-order valence-electron chi connectivity index (χ2n) is 7.78. The Labute approximate surface area is 202 Å². The number of hydrogen-bond acceptors (Lipinski definition) is 5. The quantitative estimate of drug-likeness (QED) is 0.352. The molecule has 4 aromatic rings. The molecule has 3 aromatic carbocycles. The molecule has 2 amide bonds. The van der Waals surface area contributed by atoms with Crippen LogP contribution in [0.2, 0.25) is 0 Å². The van der Waals surface area contributed by atoms with Crippen LogP contribution in [0, 0.1) is 0 Å². The molecule has 172 valence electrons. The SMILES string of the molecule is COc1ccc(/C=C/C(=O)NC(C)C(=O)Nc2ccc(Cc3nc4ccccc4s3)cc2)cc1. The number of anilines is 1. The highest BCUT2D eigenvalue weighted by molar-refractivity contribution is 7.18. The molecule has 0 aliphatic heterocycles. The Morgan fingerprint density at radius 1 is 1.03 bits per heavy atom. The van der Waals surface area contributed by atoms with Gasteiger partial charge in [0.05, 0.1) is 22.3 Å². The lowest BCUT2D eigenvalue weighted by atomic mass is 10.1. The Hall–Kier alpha value is -3.97. The average Bonchev–Trinajstić information content (AvgIpc) is 3.26. The first-order valence-corrected chi connectivity index (χ1v) is 11.7. The number of ether oxygens (including phenoxy) is 1. The fraction of sp³-hybridized carbons (Fsp3) is 0.148. The van der Waals surface area contributed by atoms with Crippen molar-refractivity contribution in [3.8, 4) is 5.75 Å². The monoisotopic (exact) mass is 471 g/mol. The summed E-state index contributed by atoms with van der Waals surface area (Å²) in [5.41, 5.74) is 3.66. The summed E-state index contributed by atoms with van der Waals surface area (Å²) in [6, 6.07) is 22.4. The minimum absolute atomic E-state index is 0.287. The highest BCUT2D eigenvalue weighted by Gasteiger charge is 2.14. The van der Waals surface area contributed by atoms with E-state index in [2.05, 4.69) is 21.7 Å². The maximum absolute atomic E-state index is 12.5. The third kappa shape index (κ3) is 6.08. The zero-order valence-electron chi connectivity index (χ0n) is 18.9. The number of para-hydroxylation sites is 1. The number of rotatable bonds is 8. The molecule has 0 aliphatic rings. The highest BCUT2D eigenvalue weighted by Crippen LogP contribution is 2.24. The number of hydrogen-bond donors (Lipinski definition) is 2. The van der Waals surface area contributed by atoms with Crippen LogP contribution < -0.4 is 15.4 Å². The smallest absolute Gasteiger partial charge is 0.246 e. The molecule has 2 N–H and O–H groups in total. The fourth-order valence-electron chi connectivity index (χ4n) is 3.34. The predicted molar refractivity (Wildman–Crippen MR) is 137 cm³/mol. The lowest BCUT2D eigenvalue weighted by Gasteiger charge is -2.13. The summed E-state index contributed by atoms with van der Waals surface area (Å²) in [5, 5.41) is 6.57. The summed E-state index contributed by atoms with van der Waals surface area (Å²) in [6.45, 7) is 1.65. The zero-order valence-corrected chi connectivity index (χ0v) is 19.8. The molecule has 1 unspecified atom stereocenters. The molecule has 0 aliphatic carbocycles. The number of benzene rings is 3. The van der Waals surface area contributed by atoms with Gasteiger partial charge in [-0.1, -0.05) is 36.4 Å². The number of amides is 2. The van der Waals surface area contributed by atoms with Crippen LogP contribution in [0.25, 0.3) is 16.3 Å². The van der Waals surface area contributed by atoms with Gasteiger partial charge < -0.3 is 15.4 Å². The van der Waals surface area contributed by atoms with E-state index in [1.807, 2.05) is 66.7 Å². The first-order valence-electron chi connectivity index (χ1n) is 10.9. The molecule has 6 nitrogen and oxygen atoms in total. The van der Waals surface area contributed by atoms with E-state index in [4.69, 9.17) is 4.74 Å². The second-order valence-corrected chi connectivity index (χ2v) is 8.89. The number of nitrogens with one attached hydrogen (secondary N) is 2. The van der Waals surface area contributed by atoms with Crippen LogP contribution in [-0.4, -0.2) is 29.9 Å². The van der Waals surface area contributed by atoms with Crippen molar-refractivity contribution >= 4 is 45.1 Å². The van der Waals surface area contributed by atoms with Gasteiger partial charge in [-0.05, 0) is 60.5 Å². The third-order valence-corrected chi connectivity index (χ3v) is 6.25. The van der Waals surface area contributed by atoms with Crippen molar-refractivity contribution in [2.24, 2.45) is 0 Å². The fourth-order valence-corrected chi connectivity index (χ4v) is 4.34. The van der Waals surface area contributed by atoms with Gasteiger partial charge in [-0.3, -0.25) is 9.59 Å². The van der Waals surface area contributed by atoms with E-state index in [-0.39, 0.29) is 11.8 Å². The molecule has 1 aromatic heterocycles. The van der Waals surface area contributed by atoms with Gasteiger partial charge in [-0.15, -0.1) is 11.3 Å². The molecule has 7 heteroatoms. The molecular formula is C27H25N3O3S. The summed E-state index contributed by atoms with van der Waals surface area (Å²) < 4.78 is 6.29. The third-order valence-electron chi connectivity index (χ3n) is 5.21. The zero-order chi connectivity index (χ0) is 23.9. The first kappa shape index (κ1) is 23.2. The van der Waals surface area contributed by atoms with Crippen LogP contribution in [0.3, 0.4) is 0 Å². The minimum atomic E-state index is -0.685. The van der Waals surface area contributed by atoms with Crippen LogP contribution in [0.1, 0.15) is 23.1 Å². The Balaban J connectivity index is 1.28. The number of nitrogens with zero attached hydrogens (tertiary/aromatic N) is 1. The van der Waals surface area contributed by atoms with Gasteiger partial charge in [0.2, 0.25) is 11.8 Å². The molecule has 0 saturated carbocycles. The normalized spacial score (nSPS) is 11.9. The Morgan fingerprint density at radius 2 is 1.76 bits per heavy atom. The van der Waals surface area contributed by atoms with Crippen LogP contribution in [0.5, 0.6) is 5.75 Å². The molecule has 0 spiro atoms. The summed E-state index contributed by atoms with van der Waals surface area (Å²) in [5.74, 6) is 0.117. The maximum Gasteiger partial charge on any atom is 0.246 e. The lowest BCUT2D eigenvalue weighted by molar-refractivity contribution is -0.123. The van der Waals surface area contributed by atoms with Crippen LogP contribution in [0.4, 0.5) is 5.69 Å². The first-order chi connectivity index (χ1) is 16.5. The van der Waals surface area contributed by atoms with Crippen molar-refractivity contribution in [2.45, 2.75) is 19.4 Å². The molecule has 1 heterocycles. The summed E-state index contributed by atoms with van der Waals surface area (Å²) in [7, 11) is 1.60. The molecule has 0 fully saturated rings. The Kier molecular flexibility index (Phi) is 7.34. The minimum Gasteiger partial charge on any atom is -0.497 e. The Bertz CT molecular complexity index is 1280. The predicted octanol–water partition coefficient (Wildman–Crippen LogP) is 5.05. The van der Waals surface area contributed by atoms with E-state index in [1.54, 1.807) is 31.4 Å². The summed E-state index contributed by atoms with van der Waals surface area (Å²) in [4.78, 5) is 29.3. The number of fused-ring (bicyclic) bond motifs is 1. The molecule has 1 atom stereocenters. The Morgan fingerprint density at radius 3 is 2.47 bits per heavy atom. The molecule has 34 heavy (non-hydrogen) atoms. The standard InChI is InChI=1S/C27H25N3O3S/c1-18(28-25(31)16-11-19-9-14-22(33-2)15-10-19)27(32)29-21-12-7-20(8-13-21)17-26-30-23-5-3-4-6-24(23)34-26/h3-16,18H,17H2,1-2H3,(H,28,31)(H,29,32)/b16-11+. The number of carbonyl (C=O) groups excluding carboxylic acids is 2. The van der Waals surface area contributed by atoms with E-state index in [9.17, 15) is 9.59 Å². The van der Waals surface area contributed by atoms with Crippen LogP contribution in [-0.2, 0) is 16.0 Å². The van der Waals surface area contributed by atoms with Crippen molar-refractivity contribution in [2.75, 3.05) is 12.4 Å². The van der Waals surface area contributed by atoms with E-state index in [1.165, 1.54) is 10.8 Å². The van der Waals surface area contributed by atoms with Gasteiger partial charge in [-0.25, -0.2) is 4.98 Å². The van der Waals surface area contributed by atoms with Crippen molar-refractivity contribution in [3.05, 3.63) is 95.0 Å². The van der Waals surface area contributed by atoms with Gasteiger partial charge in [-0.2, -0.15) is 0 Å². The number of thiazole rings is 1. The van der Waals surface area contributed by atoms with Crippen molar-refractivity contribution in [3.63, 3.8) is 0 Å². The van der Waals surface area contributed by atoms with E-state index >= 15 is 0 Å². The van der Waals surface area contributed by atoms with Crippen molar-refractivity contribution in [1.82, 2.24) is 10.3 Å². The molecule has 0 radical (unpaired) electrons. The van der Waals surface area contributed by atoms with Gasteiger partial charge in [0, 0.05) is 18.2 Å². The van der Waals surface area contributed by atoms with E-state index < -0.39 is 6.04 Å². The molecule has 4 rings (SSSR count). The number of methoxy groups -OCH3 is 1. The summed E-state index contributed by atoms with van der Waals surface area (Å²) in [6.07, 6.45) is 3.83. The van der Waals surface area contributed by atoms with Gasteiger partial charge in [0.25, 0.3) is 0 Å². The average molecular weight is 472 g/mol. The van der Waals surface area contributed by atoms with Gasteiger partial charge in [0.15, 0.2) is 0 Å². The van der Waals surface area contributed by atoms with Crippen molar-refractivity contribution in [1.29, 1.82) is 0 Å². The second kappa shape index (κ2) is 10.8. The van der Waals surface area contributed by atoms with E-state index in [0.29, 0.717) is 5.69 Å². The van der Waals surface area contributed by atoms with Crippen molar-refractivity contribution < 1.29 is 14.3 Å². The van der Waals surface area contributed by atoms with Crippen LogP contribution in [0.15, 0.2) is 78.9 Å². The van der Waals surface area contributed by atoms with E-state index in [0.717, 1.165) is 33.8 Å². The number of aromatic nitrogens is 1. The van der Waals surface area contributed by atoms with Gasteiger partial charge >= 0.3 is 0 Å². The molecular weight excluding hydrogens is 446 g/mol. The largest absolute Gasteiger partial charge is 0.497 e. The lowest BCUT2D eigenvalue weighted by Crippen LogP contribution is -2.40. The highest BCUT2D eigenvalue weighted by atomic mass is 32.1. The maximum atomic E-state index is 12.5. The molecule has 0 saturated heterocycles. The van der Waals surface area contributed by atoms with Crippen LogP contribution >= 0.6 is 11.3 Å². The topological polar surface area (TPSA) is 80.3 Å². The molecule has 0 bridgehead atoms. The van der Waals surface area contributed by atoms with Gasteiger partial charge in [0.1, 0.15) is 11.8 Å². The summed E-state index contributed by atoms with van der Waals surface area (Å²) >= 11 is 1.69. The number of carbonyl (C=O) groups is 2.